The van der Waals surface area contributed by atoms with Crippen LogP contribution in [0.1, 0.15) is 26.3 Å². The van der Waals surface area contributed by atoms with Crippen LogP contribution in [0.25, 0.3) is 0 Å². The van der Waals surface area contributed by atoms with Gasteiger partial charge in [-0.2, -0.15) is 13.2 Å². The maximum absolute atomic E-state index is 12.7. The second kappa shape index (κ2) is 7.84. The molecule has 134 valence electrons. The number of alkyl halides is 3. The van der Waals surface area contributed by atoms with Crippen LogP contribution in [0.15, 0.2) is 17.1 Å². The van der Waals surface area contributed by atoms with E-state index >= 15 is 0 Å². The first-order valence-corrected chi connectivity index (χ1v) is 7.10. The number of aromatic amines is 1. The average molecular weight is 349 g/mol. The van der Waals surface area contributed by atoms with Crippen molar-refractivity contribution >= 4 is 17.7 Å². The molecule has 0 aromatic carbocycles. The van der Waals surface area contributed by atoms with Gasteiger partial charge in [-0.05, 0) is 18.9 Å². The Hall–Kier alpha value is -2.52. The number of rotatable bonds is 5. The molecule has 3 N–H and O–H groups in total. The Morgan fingerprint density at radius 2 is 1.96 bits per heavy atom. The topological polar surface area (TPSA) is 100 Å². The molecule has 0 spiro atoms. The number of carbonyl (C=O) groups is 2. The number of anilines is 1. The molecule has 1 unspecified atom stereocenters. The Labute approximate surface area is 135 Å². The first-order valence-electron chi connectivity index (χ1n) is 7.10. The number of alkyl carbamates (subject to hydrolysis) is 1. The lowest BCUT2D eigenvalue weighted by Gasteiger charge is -2.21. The van der Waals surface area contributed by atoms with Gasteiger partial charge in [-0.25, -0.2) is 4.79 Å². The summed E-state index contributed by atoms with van der Waals surface area (Å²) in [5.74, 6) is -1.22. The minimum atomic E-state index is -4.68. The summed E-state index contributed by atoms with van der Waals surface area (Å²) in [4.78, 5) is 37.1. The molecule has 0 aliphatic carbocycles. The maximum atomic E-state index is 12.7. The van der Waals surface area contributed by atoms with Crippen LogP contribution in [-0.4, -0.2) is 29.6 Å². The molecular formula is C14H18F3N3O4. The van der Waals surface area contributed by atoms with Crippen molar-refractivity contribution in [1.82, 2.24) is 10.3 Å². The largest absolute Gasteiger partial charge is 0.450 e. The zero-order chi connectivity index (χ0) is 18.5. The van der Waals surface area contributed by atoms with Gasteiger partial charge in [0.05, 0.1) is 12.2 Å². The summed E-state index contributed by atoms with van der Waals surface area (Å²) >= 11 is 0. The molecule has 0 bridgehead atoms. The number of carbonyl (C=O) groups excluding carboxylic acids is 2. The SMILES string of the molecule is CCOC(=O)NC(C(=O)Nc1cc(C(F)(F)F)c[nH]c1=O)C(C)C. The molecule has 7 nitrogen and oxygen atoms in total. The molecule has 2 amide bonds. The van der Waals surface area contributed by atoms with Crippen LogP contribution in [0.4, 0.5) is 23.7 Å². The Morgan fingerprint density at radius 3 is 2.46 bits per heavy atom. The van der Waals surface area contributed by atoms with Gasteiger partial charge in [-0.15, -0.1) is 0 Å². The number of nitrogens with one attached hydrogen (secondary N) is 3. The van der Waals surface area contributed by atoms with E-state index in [4.69, 9.17) is 0 Å². The number of amides is 2. The summed E-state index contributed by atoms with van der Waals surface area (Å²) in [5, 5.41) is 4.39. The van der Waals surface area contributed by atoms with E-state index < -0.39 is 41.0 Å². The van der Waals surface area contributed by atoms with Crippen LogP contribution >= 0.6 is 0 Å². The lowest BCUT2D eigenvalue weighted by Crippen LogP contribution is -2.47. The van der Waals surface area contributed by atoms with Crippen LogP contribution in [0.3, 0.4) is 0 Å². The fourth-order valence-electron chi connectivity index (χ4n) is 1.79. The fraction of sp³-hybridized carbons (Fsp3) is 0.500. The van der Waals surface area contributed by atoms with Gasteiger partial charge >= 0.3 is 12.3 Å². The molecule has 1 aromatic heterocycles. The van der Waals surface area contributed by atoms with Crippen LogP contribution in [-0.2, 0) is 15.7 Å². The van der Waals surface area contributed by atoms with E-state index in [-0.39, 0.29) is 12.5 Å². The van der Waals surface area contributed by atoms with Gasteiger partial charge in [0.15, 0.2) is 0 Å². The highest BCUT2D eigenvalue weighted by molar-refractivity contribution is 5.96. The molecule has 0 aliphatic heterocycles. The molecule has 24 heavy (non-hydrogen) atoms. The molecule has 0 fully saturated rings. The predicted octanol–water partition coefficient (Wildman–Crippen LogP) is 2.10. The summed E-state index contributed by atoms with van der Waals surface area (Å²) in [5.41, 5.74) is -2.57. The minimum absolute atomic E-state index is 0.0889. The van der Waals surface area contributed by atoms with Gasteiger partial charge < -0.3 is 20.4 Å². The maximum Gasteiger partial charge on any atom is 0.417 e. The number of ether oxygens (including phenoxy) is 1. The second-order valence-electron chi connectivity index (χ2n) is 5.20. The first-order chi connectivity index (χ1) is 11.1. The van der Waals surface area contributed by atoms with Crippen molar-refractivity contribution in [3.05, 3.63) is 28.2 Å². The molecule has 1 atom stereocenters. The van der Waals surface area contributed by atoms with E-state index in [1.165, 1.54) is 0 Å². The van der Waals surface area contributed by atoms with Gasteiger partial charge in [0, 0.05) is 6.20 Å². The summed E-state index contributed by atoms with van der Waals surface area (Å²) in [6.45, 7) is 4.90. The fourth-order valence-corrected chi connectivity index (χ4v) is 1.79. The van der Waals surface area contributed by atoms with E-state index in [9.17, 15) is 27.6 Å². The standard InChI is InChI=1S/C14H18F3N3O4/c1-4-24-13(23)20-10(7(2)3)12(22)19-9-5-8(14(15,16)17)6-18-11(9)21/h5-7,10H,4H2,1-3H3,(H,18,21)(H,19,22)(H,20,23). The van der Waals surface area contributed by atoms with Gasteiger partial charge in [0.25, 0.3) is 5.56 Å². The number of aromatic nitrogens is 1. The van der Waals surface area contributed by atoms with Gasteiger partial charge in [-0.1, -0.05) is 13.8 Å². The smallest absolute Gasteiger partial charge is 0.417 e. The van der Waals surface area contributed by atoms with Crippen molar-refractivity contribution in [3.8, 4) is 0 Å². The Bertz CT molecular complexity index is 655. The van der Waals surface area contributed by atoms with Crippen LogP contribution in [0.2, 0.25) is 0 Å². The number of halogens is 3. The van der Waals surface area contributed by atoms with Crippen molar-refractivity contribution in [2.75, 3.05) is 11.9 Å². The Kier molecular flexibility index (Phi) is 6.38. The molecular weight excluding hydrogens is 331 g/mol. The van der Waals surface area contributed by atoms with E-state index in [2.05, 4.69) is 15.4 Å². The van der Waals surface area contributed by atoms with E-state index in [1.54, 1.807) is 20.8 Å². The lowest BCUT2D eigenvalue weighted by molar-refractivity contribution is -0.137. The van der Waals surface area contributed by atoms with Crippen molar-refractivity contribution in [1.29, 1.82) is 0 Å². The van der Waals surface area contributed by atoms with Crippen molar-refractivity contribution in [2.45, 2.75) is 33.0 Å². The number of hydrogen-bond donors (Lipinski definition) is 3. The molecule has 0 saturated heterocycles. The summed E-state index contributed by atoms with van der Waals surface area (Å²) in [7, 11) is 0. The van der Waals surface area contributed by atoms with Gasteiger partial charge in [-0.3, -0.25) is 9.59 Å². The Balaban J connectivity index is 2.99. The molecule has 1 heterocycles. The highest BCUT2D eigenvalue weighted by atomic mass is 19.4. The summed E-state index contributed by atoms with van der Waals surface area (Å²) in [6.07, 6.45) is -5.01. The molecule has 10 heteroatoms. The van der Waals surface area contributed by atoms with Gasteiger partial charge in [0.1, 0.15) is 11.7 Å². The number of H-pyrrole nitrogens is 1. The zero-order valence-corrected chi connectivity index (χ0v) is 13.3. The lowest BCUT2D eigenvalue weighted by atomic mass is 10.0. The Morgan fingerprint density at radius 1 is 1.33 bits per heavy atom. The third-order valence-electron chi connectivity index (χ3n) is 2.99. The molecule has 1 aromatic rings. The highest BCUT2D eigenvalue weighted by Crippen LogP contribution is 2.29. The molecule has 1 rings (SSSR count). The summed E-state index contributed by atoms with van der Waals surface area (Å²) in [6, 6.07) is -0.559. The van der Waals surface area contributed by atoms with Crippen LogP contribution in [0, 0.1) is 5.92 Å². The predicted molar refractivity (Wildman–Crippen MR) is 79.5 cm³/mol. The van der Waals surface area contributed by atoms with Crippen molar-refractivity contribution < 1.29 is 27.5 Å². The van der Waals surface area contributed by atoms with E-state index in [0.29, 0.717) is 12.3 Å². The summed E-state index contributed by atoms with van der Waals surface area (Å²) < 4.78 is 42.7. The normalized spacial score (nSPS) is 12.6. The minimum Gasteiger partial charge on any atom is -0.450 e. The number of hydrogen-bond acceptors (Lipinski definition) is 4. The average Bonchev–Trinajstić information content (AvgIpc) is 2.45. The molecule has 0 aliphatic rings. The van der Waals surface area contributed by atoms with Crippen LogP contribution < -0.4 is 16.2 Å². The number of pyridine rings is 1. The molecule has 0 radical (unpaired) electrons. The quantitative estimate of drug-likeness (QED) is 0.758. The molecule has 0 saturated carbocycles. The van der Waals surface area contributed by atoms with Crippen molar-refractivity contribution in [2.24, 2.45) is 5.92 Å². The second-order valence-corrected chi connectivity index (χ2v) is 5.20. The first kappa shape index (κ1) is 19.5. The highest BCUT2D eigenvalue weighted by Gasteiger charge is 2.32. The third kappa shape index (κ3) is 5.28. The monoisotopic (exact) mass is 349 g/mol. The van der Waals surface area contributed by atoms with E-state index in [1.807, 2.05) is 4.98 Å². The van der Waals surface area contributed by atoms with E-state index in [0.717, 1.165) is 0 Å². The van der Waals surface area contributed by atoms with Crippen molar-refractivity contribution in [3.63, 3.8) is 0 Å². The van der Waals surface area contributed by atoms with Gasteiger partial charge in [0.2, 0.25) is 5.91 Å². The third-order valence-corrected chi connectivity index (χ3v) is 2.99. The van der Waals surface area contributed by atoms with Crippen LogP contribution in [0.5, 0.6) is 0 Å². The zero-order valence-electron chi connectivity index (χ0n) is 13.3.